The van der Waals surface area contributed by atoms with Gasteiger partial charge in [0.05, 0.1) is 19.3 Å². The molecule has 2 aromatic carbocycles. The normalized spacial score (nSPS) is 31.6. The van der Waals surface area contributed by atoms with Crippen molar-refractivity contribution < 1.29 is 29.2 Å². The fraction of sp³-hybridized carbons (Fsp3) is 0.435. The van der Waals surface area contributed by atoms with E-state index in [0.29, 0.717) is 5.69 Å². The van der Waals surface area contributed by atoms with Gasteiger partial charge in [0.2, 0.25) is 0 Å². The molecule has 4 N–H and O–H groups in total. The van der Waals surface area contributed by atoms with Crippen molar-refractivity contribution in [3.8, 4) is 0 Å². The Morgan fingerprint density at radius 1 is 1.13 bits per heavy atom. The summed E-state index contributed by atoms with van der Waals surface area (Å²) in [6.07, 6.45) is -2.97. The highest BCUT2D eigenvalue weighted by atomic mass is 16.7. The van der Waals surface area contributed by atoms with Crippen LogP contribution in [0, 0.1) is 0 Å². The third kappa shape index (κ3) is 4.58. The van der Waals surface area contributed by atoms with Gasteiger partial charge >= 0.3 is 6.03 Å². The lowest BCUT2D eigenvalue weighted by atomic mass is 9.94. The molecule has 31 heavy (non-hydrogen) atoms. The van der Waals surface area contributed by atoms with Crippen LogP contribution in [-0.4, -0.2) is 58.6 Å². The molecule has 1 heterocycles. The van der Waals surface area contributed by atoms with Gasteiger partial charge in [-0.2, -0.15) is 0 Å². The molecule has 1 saturated carbocycles. The molecule has 8 nitrogen and oxygen atoms in total. The molecule has 0 aromatic heterocycles. The van der Waals surface area contributed by atoms with Crippen LogP contribution in [0.2, 0.25) is 0 Å². The first-order chi connectivity index (χ1) is 14.8. The topological polar surface area (TPSA) is 109 Å². The number of benzene rings is 2. The molecule has 0 unspecified atom stereocenters. The lowest BCUT2D eigenvalue weighted by Gasteiger charge is -2.45. The minimum atomic E-state index is -1.66. The standard InChI is InChI=1S/C23H28N2O6/c1-22(2)30-14-23(28)19(25-21(27)24-16-11-7-4-8-12-16)17(26)18(20(23)31-22)29-13-15-9-5-3-6-10-15/h3-12,17-20,26,28H,13-14H2,1-2H3,(H2,24,25,27)/t17-,18+,19+,20-,23-/m0/s1. The molecule has 166 valence electrons. The summed E-state index contributed by atoms with van der Waals surface area (Å²) in [7, 11) is 0. The number of rotatable bonds is 5. The van der Waals surface area contributed by atoms with E-state index in [1.165, 1.54) is 0 Å². The van der Waals surface area contributed by atoms with E-state index in [0.717, 1.165) is 5.56 Å². The highest BCUT2D eigenvalue weighted by Gasteiger charge is 2.65. The molecular weight excluding hydrogens is 400 g/mol. The predicted octanol–water partition coefficient (Wildman–Crippen LogP) is 2.02. The van der Waals surface area contributed by atoms with E-state index in [2.05, 4.69) is 10.6 Å². The molecule has 1 aliphatic carbocycles. The number of aliphatic hydroxyl groups excluding tert-OH is 1. The Labute approximate surface area is 181 Å². The first kappa shape index (κ1) is 21.7. The number of ether oxygens (including phenoxy) is 3. The molecule has 2 aliphatic rings. The summed E-state index contributed by atoms with van der Waals surface area (Å²) >= 11 is 0. The highest BCUT2D eigenvalue weighted by molar-refractivity contribution is 5.89. The molecule has 0 spiro atoms. The number of aliphatic hydroxyl groups is 2. The fourth-order valence-corrected chi connectivity index (χ4v) is 4.09. The Morgan fingerprint density at radius 2 is 1.77 bits per heavy atom. The Bertz CT molecular complexity index is 893. The highest BCUT2D eigenvalue weighted by Crippen LogP contribution is 2.42. The largest absolute Gasteiger partial charge is 0.388 e. The van der Waals surface area contributed by atoms with E-state index in [1.807, 2.05) is 36.4 Å². The van der Waals surface area contributed by atoms with Crippen LogP contribution in [0.25, 0.3) is 0 Å². The van der Waals surface area contributed by atoms with Crippen molar-refractivity contribution in [2.24, 2.45) is 0 Å². The minimum Gasteiger partial charge on any atom is -0.388 e. The van der Waals surface area contributed by atoms with Gasteiger partial charge in [-0.05, 0) is 31.5 Å². The van der Waals surface area contributed by atoms with Gasteiger partial charge < -0.3 is 35.1 Å². The fourth-order valence-electron chi connectivity index (χ4n) is 4.09. The van der Waals surface area contributed by atoms with Crippen molar-refractivity contribution in [1.29, 1.82) is 0 Å². The molecule has 4 rings (SSSR count). The Morgan fingerprint density at radius 3 is 2.45 bits per heavy atom. The summed E-state index contributed by atoms with van der Waals surface area (Å²) in [5.41, 5.74) is -0.155. The summed E-state index contributed by atoms with van der Waals surface area (Å²) in [5, 5.41) is 27.8. The monoisotopic (exact) mass is 428 g/mol. The molecule has 1 aliphatic heterocycles. The van der Waals surface area contributed by atoms with Crippen LogP contribution in [0.15, 0.2) is 60.7 Å². The van der Waals surface area contributed by atoms with E-state index in [4.69, 9.17) is 14.2 Å². The number of anilines is 1. The molecule has 8 heteroatoms. The van der Waals surface area contributed by atoms with Gasteiger partial charge in [0.25, 0.3) is 0 Å². The van der Waals surface area contributed by atoms with E-state index < -0.39 is 41.8 Å². The number of urea groups is 1. The van der Waals surface area contributed by atoms with Gasteiger partial charge in [0, 0.05) is 5.69 Å². The number of para-hydroxylation sites is 1. The summed E-state index contributed by atoms with van der Waals surface area (Å²) in [5.74, 6) is -0.966. The molecular formula is C23H28N2O6. The summed E-state index contributed by atoms with van der Waals surface area (Å²) in [6, 6.07) is 16.8. The first-order valence-corrected chi connectivity index (χ1v) is 10.3. The van der Waals surface area contributed by atoms with Crippen molar-refractivity contribution in [1.82, 2.24) is 5.32 Å². The number of hydrogen-bond donors (Lipinski definition) is 4. The van der Waals surface area contributed by atoms with Gasteiger partial charge in [-0.25, -0.2) is 4.79 Å². The maximum absolute atomic E-state index is 12.6. The predicted molar refractivity (Wildman–Crippen MR) is 113 cm³/mol. The average Bonchev–Trinajstić information content (AvgIpc) is 2.94. The Kier molecular flexibility index (Phi) is 6.00. The lowest BCUT2D eigenvalue weighted by molar-refractivity contribution is -0.340. The number of carbonyl (C=O) groups excluding carboxylic acids is 1. The third-order valence-electron chi connectivity index (χ3n) is 5.67. The van der Waals surface area contributed by atoms with E-state index in [-0.39, 0.29) is 13.2 Å². The Hall–Kier alpha value is -2.49. The minimum absolute atomic E-state index is 0.122. The van der Waals surface area contributed by atoms with Crippen molar-refractivity contribution in [2.45, 2.75) is 56.2 Å². The summed E-state index contributed by atoms with van der Waals surface area (Å²) in [4.78, 5) is 12.6. The Balaban J connectivity index is 1.52. The molecule has 2 fully saturated rings. The van der Waals surface area contributed by atoms with Crippen LogP contribution in [0.1, 0.15) is 19.4 Å². The molecule has 2 amide bonds. The van der Waals surface area contributed by atoms with Crippen molar-refractivity contribution >= 4 is 11.7 Å². The van der Waals surface area contributed by atoms with Gasteiger partial charge in [-0.3, -0.25) is 0 Å². The van der Waals surface area contributed by atoms with Crippen LogP contribution in [0.4, 0.5) is 10.5 Å². The van der Waals surface area contributed by atoms with Crippen LogP contribution < -0.4 is 10.6 Å². The number of amides is 2. The zero-order chi connectivity index (χ0) is 22.1. The van der Waals surface area contributed by atoms with E-state index in [1.54, 1.807) is 38.1 Å². The number of hydrogen-bond acceptors (Lipinski definition) is 6. The van der Waals surface area contributed by atoms with E-state index >= 15 is 0 Å². The first-order valence-electron chi connectivity index (χ1n) is 10.3. The van der Waals surface area contributed by atoms with Gasteiger partial charge in [-0.15, -0.1) is 0 Å². The van der Waals surface area contributed by atoms with Gasteiger partial charge in [0.1, 0.15) is 23.9 Å². The quantitative estimate of drug-likeness (QED) is 0.580. The second kappa shape index (κ2) is 8.57. The maximum atomic E-state index is 12.6. The van der Waals surface area contributed by atoms with Crippen LogP contribution in [0.5, 0.6) is 0 Å². The number of carbonyl (C=O) groups is 1. The lowest BCUT2D eigenvalue weighted by Crippen LogP contribution is -2.65. The average molecular weight is 428 g/mol. The van der Waals surface area contributed by atoms with Crippen molar-refractivity contribution in [3.63, 3.8) is 0 Å². The number of fused-ring (bicyclic) bond motifs is 1. The second-order valence-electron chi connectivity index (χ2n) is 8.41. The van der Waals surface area contributed by atoms with E-state index in [9.17, 15) is 15.0 Å². The molecule has 5 atom stereocenters. The van der Waals surface area contributed by atoms with Crippen LogP contribution in [-0.2, 0) is 20.8 Å². The maximum Gasteiger partial charge on any atom is 0.319 e. The van der Waals surface area contributed by atoms with Crippen LogP contribution in [0.3, 0.4) is 0 Å². The molecule has 1 saturated heterocycles. The van der Waals surface area contributed by atoms with Crippen LogP contribution >= 0.6 is 0 Å². The zero-order valence-corrected chi connectivity index (χ0v) is 17.5. The molecule has 0 bridgehead atoms. The second-order valence-corrected chi connectivity index (χ2v) is 8.41. The smallest absolute Gasteiger partial charge is 0.319 e. The third-order valence-corrected chi connectivity index (χ3v) is 5.67. The van der Waals surface area contributed by atoms with Crippen molar-refractivity contribution in [3.05, 3.63) is 66.2 Å². The van der Waals surface area contributed by atoms with Gasteiger partial charge in [-0.1, -0.05) is 48.5 Å². The number of nitrogens with one attached hydrogen (secondary N) is 2. The summed E-state index contributed by atoms with van der Waals surface area (Å²) < 4.78 is 17.6. The SMILES string of the molecule is CC1(C)OC[C@]2(O)[C@H](NC(=O)Nc3ccccc3)[C@@H](O)[C@@H](OCc3ccccc3)[C@@H]2O1. The van der Waals surface area contributed by atoms with Gasteiger partial charge in [0.15, 0.2) is 5.79 Å². The molecule has 2 aromatic rings. The zero-order valence-electron chi connectivity index (χ0n) is 17.5. The van der Waals surface area contributed by atoms with Crippen molar-refractivity contribution in [2.75, 3.05) is 11.9 Å². The summed E-state index contributed by atoms with van der Waals surface area (Å²) in [6.45, 7) is 3.57. The molecule has 0 radical (unpaired) electrons.